The van der Waals surface area contributed by atoms with Gasteiger partial charge in [-0.2, -0.15) is 0 Å². The topological polar surface area (TPSA) is 20.2 Å². The molecule has 0 saturated carbocycles. The van der Waals surface area contributed by atoms with Gasteiger partial charge in [-0.1, -0.05) is 0 Å². The van der Waals surface area contributed by atoms with Crippen LogP contribution in [0.25, 0.3) is 0 Å². The summed E-state index contributed by atoms with van der Waals surface area (Å²) in [7, 11) is 0. The van der Waals surface area contributed by atoms with Crippen LogP contribution in [0.1, 0.15) is 20.3 Å². The van der Waals surface area contributed by atoms with Crippen LogP contribution < -0.4 is 3.61 Å². The summed E-state index contributed by atoms with van der Waals surface area (Å²) in [4.78, 5) is 0. The maximum atomic E-state index is 9.74. The molecule has 0 aliphatic heterocycles. The van der Waals surface area contributed by atoms with Crippen molar-refractivity contribution in [3.8, 4) is 0 Å². The molecule has 76 valence electrons. The molecule has 0 saturated heterocycles. The SMILES string of the molecule is CCC(C)(O)/C=C\[Te]c1ccccc1. The summed E-state index contributed by atoms with van der Waals surface area (Å²) in [6, 6.07) is 10.4. The van der Waals surface area contributed by atoms with Crippen molar-refractivity contribution < 1.29 is 5.11 Å². The first-order valence-corrected chi connectivity index (χ1v) is 7.27. The summed E-state index contributed by atoms with van der Waals surface area (Å²) >= 11 is -0.263. The molecule has 0 fully saturated rings. The molecule has 2 heteroatoms. The van der Waals surface area contributed by atoms with Gasteiger partial charge < -0.3 is 0 Å². The summed E-state index contributed by atoms with van der Waals surface area (Å²) < 4.78 is 3.56. The van der Waals surface area contributed by atoms with Gasteiger partial charge in [-0.25, -0.2) is 0 Å². The summed E-state index contributed by atoms with van der Waals surface area (Å²) in [6.45, 7) is 3.84. The fraction of sp³-hybridized carbons (Fsp3) is 0.333. The molecular weight excluding hydrogens is 288 g/mol. The van der Waals surface area contributed by atoms with Crippen LogP contribution >= 0.6 is 0 Å². The number of hydrogen-bond donors (Lipinski definition) is 1. The van der Waals surface area contributed by atoms with Crippen molar-refractivity contribution in [2.75, 3.05) is 0 Å². The van der Waals surface area contributed by atoms with Crippen molar-refractivity contribution in [1.29, 1.82) is 0 Å². The predicted octanol–water partition coefficient (Wildman–Crippen LogP) is 1.69. The van der Waals surface area contributed by atoms with E-state index in [4.69, 9.17) is 0 Å². The van der Waals surface area contributed by atoms with E-state index in [1.165, 1.54) is 3.61 Å². The zero-order valence-corrected chi connectivity index (χ0v) is 10.9. The first-order chi connectivity index (χ1) is 6.64. The van der Waals surface area contributed by atoms with Gasteiger partial charge in [0.1, 0.15) is 0 Å². The van der Waals surface area contributed by atoms with Gasteiger partial charge in [0.25, 0.3) is 0 Å². The standard InChI is InChI=1S/C12H16OTe/c1-3-12(2,13)9-10-14-11-7-5-4-6-8-11/h4-10,13H,3H2,1-2H3/b10-9-. The van der Waals surface area contributed by atoms with E-state index in [0.29, 0.717) is 0 Å². The molecule has 1 aromatic carbocycles. The monoisotopic (exact) mass is 306 g/mol. The molecule has 0 amide bonds. The first kappa shape index (κ1) is 11.8. The average Bonchev–Trinajstić information content (AvgIpc) is 2.19. The summed E-state index contributed by atoms with van der Waals surface area (Å²) in [5, 5.41) is 9.74. The minimum absolute atomic E-state index is 0.263. The molecule has 0 aliphatic carbocycles. The third-order valence-corrected chi connectivity index (χ3v) is 4.42. The molecule has 1 unspecified atom stereocenters. The Hall–Kier alpha value is -0.290. The van der Waals surface area contributed by atoms with Gasteiger partial charge in [0.15, 0.2) is 0 Å². The van der Waals surface area contributed by atoms with Crippen molar-refractivity contribution in [1.82, 2.24) is 0 Å². The van der Waals surface area contributed by atoms with Crippen LogP contribution in [-0.4, -0.2) is 31.6 Å². The summed E-state index contributed by atoms with van der Waals surface area (Å²) in [5.74, 6) is 0. The van der Waals surface area contributed by atoms with Gasteiger partial charge in [0, 0.05) is 0 Å². The van der Waals surface area contributed by atoms with E-state index in [0.717, 1.165) is 6.42 Å². The molecule has 0 aromatic heterocycles. The zero-order valence-electron chi connectivity index (χ0n) is 8.60. The van der Waals surface area contributed by atoms with Crippen molar-refractivity contribution >= 4 is 24.5 Å². The van der Waals surface area contributed by atoms with Gasteiger partial charge in [-0.15, -0.1) is 0 Å². The quantitative estimate of drug-likeness (QED) is 0.839. The van der Waals surface area contributed by atoms with Gasteiger partial charge >= 0.3 is 96.0 Å². The normalized spacial score (nSPS) is 15.6. The third kappa shape index (κ3) is 4.28. The molecule has 0 bridgehead atoms. The fourth-order valence-electron chi connectivity index (χ4n) is 0.876. The molecule has 0 radical (unpaired) electrons. The molecule has 1 rings (SSSR count). The molecule has 14 heavy (non-hydrogen) atoms. The van der Waals surface area contributed by atoms with Gasteiger partial charge in [0.05, 0.1) is 0 Å². The Balaban J connectivity index is 2.49. The van der Waals surface area contributed by atoms with Gasteiger partial charge in [-0.05, 0) is 0 Å². The second-order valence-electron chi connectivity index (χ2n) is 3.44. The summed E-state index contributed by atoms with van der Waals surface area (Å²) in [5.41, 5.74) is -0.625. The van der Waals surface area contributed by atoms with E-state index >= 15 is 0 Å². The molecular formula is C12H16OTe. The average molecular weight is 304 g/mol. The van der Waals surface area contributed by atoms with Crippen LogP contribution in [0.4, 0.5) is 0 Å². The predicted molar refractivity (Wildman–Crippen MR) is 61.9 cm³/mol. The van der Waals surface area contributed by atoms with Crippen LogP contribution in [0.3, 0.4) is 0 Å². The molecule has 0 aliphatic rings. The van der Waals surface area contributed by atoms with Crippen molar-refractivity contribution in [2.45, 2.75) is 25.9 Å². The zero-order chi connectivity index (χ0) is 10.4. The van der Waals surface area contributed by atoms with Crippen LogP contribution in [0.15, 0.2) is 40.5 Å². The Kier molecular flexibility index (Phi) is 4.68. The van der Waals surface area contributed by atoms with Crippen LogP contribution in [0.2, 0.25) is 0 Å². The Bertz CT molecular complexity index is 290. The van der Waals surface area contributed by atoms with Crippen molar-refractivity contribution in [3.05, 3.63) is 40.5 Å². The van der Waals surface area contributed by atoms with Gasteiger partial charge in [0.2, 0.25) is 0 Å². The number of benzene rings is 1. The van der Waals surface area contributed by atoms with Crippen LogP contribution in [0, 0.1) is 0 Å². The van der Waals surface area contributed by atoms with Crippen LogP contribution in [-0.2, 0) is 0 Å². The van der Waals surface area contributed by atoms with Gasteiger partial charge in [-0.3, -0.25) is 0 Å². The molecule has 0 heterocycles. The van der Waals surface area contributed by atoms with E-state index in [2.05, 4.69) is 28.4 Å². The van der Waals surface area contributed by atoms with E-state index in [-0.39, 0.29) is 20.9 Å². The fourth-order valence-corrected chi connectivity index (χ4v) is 3.25. The molecule has 1 N–H and O–H groups in total. The Morgan fingerprint density at radius 2 is 2.00 bits per heavy atom. The first-order valence-electron chi connectivity index (χ1n) is 4.76. The Morgan fingerprint density at radius 1 is 1.36 bits per heavy atom. The second kappa shape index (κ2) is 5.56. The summed E-state index contributed by atoms with van der Waals surface area (Å²) in [6.07, 6.45) is 2.70. The number of rotatable bonds is 4. The molecule has 1 atom stereocenters. The molecule has 0 spiro atoms. The number of aliphatic hydroxyl groups is 1. The van der Waals surface area contributed by atoms with E-state index in [1.54, 1.807) is 0 Å². The van der Waals surface area contributed by atoms with Crippen molar-refractivity contribution in [2.24, 2.45) is 0 Å². The third-order valence-electron chi connectivity index (χ3n) is 2.09. The van der Waals surface area contributed by atoms with Crippen molar-refractivity contribution in [3.63, 3.8) is 0 Å². The molecule has 1 aromatic rings. The van der Waals surface area contributed by atoms with E-state index in [9.17, 15) is 5.11 Å². The second-order valence-corrected chi connectivity index (χ2v) is 6.24. The van der Waals surface area contributed by atoms with E-state index in [1.807, 2.05) is 26.0 Å². The Labute approximate surface area is 95.9 Å². The molecule has 1 nitrogen and oxygen atoms in total. The van der Waals surface area contributed by atoms with Crippen LogP contribution in [0.5, 0.6) is 0 Å². The number of hydrogen-bond acceptors (Lipinski definition) is 1. The van der Waals surface area contributed by atoms with E-state index < -0.39 is 5.60 Å². The minimum atomic E-state index is -0.625. The Morgan fingerprint density at radius 3 is 2.57 bits per heavy atom. The maximum absolute atomic E-state index is 9.74.